The third kappa shape index (κ3) is 3.69. The highest BCUT2D eigenvalue weighted by Gasteiger charge is 2.13. The van der Waals surface area contributed by atoms with Gasteiger partial charge in [0.1, 0.15) is 5.82 Å². The molecule has 4 rings (SSSR count). The number of aryl methyl sites for hydroxylation is 1. The van der Waals surface area contributed by atoms with Crippen molar-refractivity contribution in [2.24, 2.45) is 0 Å². The van der Waals surface area contributed by atoms with E-state index in [-0.39, 0.29) is 5.56 Å². The Morgan fingerprint density at radius 1 is 0.966 bits per heavy atom. The van der Waals surface area contributed by atoms with E-state index >= 15 is 0 Å². The van der Waals surface area contributed by atoms with Gasteiger partial charge in [-0.1, -0.05) is 35.9 Å². The van der Waals surface area contributed by atoms with E-state index in [9.17, 15) is 13.6 Å². The molecule has 0 atom stereocenters. The minimum atomic E-state index is -0.940. The number of nitrogens with zero attached hydrogens (tertiary/aromatic N) is 2. The van der Waals surface area contributed by atoms with E-state index in [2.05, 4.69) is 4.98 Å². The van der Waals surface area contributed by atoms with Crippen molar-refractivity contribution in [3.63, 3.8) is 0 Å². The highest BCUT2D eigenvalue weighted by atomic mass is 35.5. The smallest absolute Gasteiger partial charge is 0.266 e. The first-order valence-electron chi connectivity index (χ1n) is 8.85. The van der Waals surface area contributed by atoms with E-state index in [0.717, 1.165) is 17.7 Å². The van der Waals surface area contributed by atoms with Gasteiger partial charge in [0.2, 0.25) is 0 Å². The van der Waals surface area contributed by atoms with Crippen LogP contribution in [0.3, 0.4) is 0 Å². The lowest BCUT2D eigenvalue weighted by Gasteiger charge is -2.14. The fraction of sp³-hybridized carbons (Fsp3) is 0.0435. The SMILES string of the molecule is Cc1cc(Cl)ccc1-n1c(/C=C\c2ccc(F)c(F)c2)nc2ccccc2c1=O. The van der Waals surface area contributed by atoms with Gasteiger partial charge in [0.25, 0.3) is 5.56 Å². The molecule has 0 N–H and O–H groups in total. The second-order valence-corrected chi connectivity index (χ2v) is 7.00. The van der Waals surface area contributed by atoms with Crippen LogP contribution in [0.5, 0.6) is 0 Å². The van der Waals surface area contributed by atoms with Crippen molar-refractivity contribution in [1.82, 2.24) is 9.55 Å². The van der Waals surface area contributed by atoms with Gasteiger partial charge in [-0.05, 0) is 66.6 Å². The van der Waals surface area contributed by atoms with Gasteiger partial charge in [0.15, 0.2) is 11.6 Å². The highest BCUT2D eigenvalue weighted by Crippen LogP contribution is 2.21. The van der Waals surface area contributed by atoms with E-state index in [1.807, 2.05) is 6.92 Å². The molecule has 0 aliphatic carbocycles. The molecule has 0 aliphatic rings. The highest BCUT2D eigenvalue weighted by molar-refractivity contribution is 6.30. The molecular weight excluding hydrogens is 394 g/mol. The average molecular weight is 409 g/mol. The maximum atomic E-state index is 13.5. The van der Waals surface area contributed by atoms with Crippen LogP contribution in [0.25, 0.3) is 28.7 Å². The third-order valence-corrected chi connectivity index (χ3v) is 4.81. The van der Waals surface area contributed by atoms with Crippen molar-refractivity contribution in [2.45, 2.75) is 6.92 Å². The number of halogens is 3. The molecule has 0 bridgehead atoms. The van der Waals surface area contributed by atoms with Crippen LogP contribution < -0.4 is 5.56 Å². The number of aromatic nitrogens is 2. The number of fused-ring (bicyclic) bond motifs is 1. The van der Waals surface area contributed by atoms with Gasteiger partial charge in [0.05, 0.1) is 16.6 Å². The predicted molar refractivity (Wildman–Crippen MR) is 112 cm³/mol. The molecule has 0 fully saturated rings. The summed E-state index contributed by atoms with van der Waals surface area (Å²) >= 11 is 6.06. The van der Waals surface area contributed by atoms with Gasteiger partial charge in [-0.2, -0.15) is 0 Å². The largest absolute Gasteiger partial charge is 0.268 e. The van der Waals surface area contributed by atoms with Gasteiger partial charge in [0, 0.05) is 5.02 Å². The molecule has 0 spiro atoms. The molecule has 4 aromatic rings. The first kappa shape index (κ1) is 19.0. The van der Waals surface area contributed by atoms with Crippen molar-refractivity contribution in [3.05, 3.63) is 105 Å². The zero-order valence-corrected chi connectivity index (χ0v) is 16.1. The number of hydrogen-bond acceptors (Lipinski definition) is 2. The number of benzene rings is 3. The Morgan fingerprint density at radius 3 is 2.52 bits per heavy atom. The lowest BCUT2D eigenvalue weighted by Crippen LogP contribution is -2.23. The number of rotatable bonds is 3. The Balaban J connectivity index is 1.95. The molecule has 0 saturated heterocycles. The number of para-hydroxylation sites is 1. The Morgan fingerprint density at radius 2 is 1.76 bits per heavy atom. The van der Waals surface area contributed by atoms with Crippen LogP contribution in [0.1, 0.15) is 17.0 Å². The fourth-order valence-electron chi connectivity index (χ4n) is 3.15. The van der Waals surface area contributed by atoms with Gasteiger partial charge < -0.3 is 0 Å². The zero-order valence-electron chi connectivity index (χ0n) is 15.4. The van der Waals surface area contributed by atoms with Crippen molar-refractivity contribution in [3.8, 4) is 5.69 Å². The van der Waals surface area contributed by atoms with E-state index in [1.54, 1.807) is 54.6 Å². The summed E-state index contributed by atoms with van der Waals surface area (Å²) in [5.74, 6) is -1.49. The maximum absolute atomic E-state index is 13.5. The summed E-state index contributed by atoms with van der Waals surface area (Å²) in [4.78, 5) is 17.8. The summed E-state index contributed by atoms with van der Waals surface area (Å²) in [5.41, 5.74) is 2.21. The molecule has 3 nitrogen and oxygen atoms in total. The van der Waals surface area contributed by atoms with Crippen molar-refractivity contribution >= 4 is 34.7 Å². The lowest BCUT2D eigenvalue weighted by molar-refractivity contribution is 0.508. The summed E-state index contributed by atoms with van der Waals surface area (Å²) in [7, 11) is 0. The molecule has 0 radical (unpaired) electrons. The molecule has 0 aliphatic heterocycles. The topological polar surface area (TPSA) is 34.9 Å². The van der Waals surface area contributed by atoms with Gasteiger partial charge in [-0.15, -0.1) is 0 Å². The standard InChI is InChI=1S/C23H15ClF2N2O/c1-14-12-16(24)8-10-21(14)28-22(11-7-15-6-9-18(25)19(26)13-15)27-20-5-3-2-4-17(20)23(28)29/h2-13H,1H3/b11-7-. The summed E-state index contributed by atoms with van der Waals surface area (Å²) in [6.07, 6.45) is 3.19. The Labute approximate surface area is 170 Å². The second kappa shape index (κ2) is 7.60. The van der Waals surface area contributed by atoms with Crippen molar-refractivity contribution in [1.29, 1.82) is 0 Å². The van der Waals surface area contributed by atoms with E-state index in [4.69, 9.17) is 11.6 Å². The first-order chi connectivity index (χ1) is 13.9. The fourth-order valence-corrected chi connectivity index (χ4v) is 3.38. The third-order valence-electron chi connectivity index (χ3n) is 4.57. The zero-order chi connectivity index (χ0) is 20.5. The van der Waals surface area contributed by atoms with Crippen LogP contribution in [0.15, 0.2) is 65.5 Å². The van der Waals surface area contributed by atoms with Crippen LogP contribution in [0.2, 0.25) is 5.02 Å². The second-order valence-electron chi connectivity index (χ2n) is 6.57. The minimum absolute atomic E-state index is 0.231. The monoisotopic (exact) mass is 408 g/mol. The normalized spacial score (nSPS) is 11.4. The van der Waals surface area contributed by atoms with Crippen LogP contribution in [-0.4, -0.2) is 9.55 Å². The van der Waals surface area contributed by atoms with Gasteiger partial charge >= 0.3 is 0 Å². The Kier molecular flexibility index (Phi) is 4.99. The Bertz CT molecular complexity index is 1330. The van der Waals surface area contributed by atoms with Crippen LogP contribution >= 0.6 is 11.6 Å². The van der Waals surface area contributed by atoms with Crippen LogP contribution in [-0.2, 0) is 0 Å². The molecule has 144 valence electrons. The predicted octanol–water partition coefficient (Wildman–Crippen LogP) is 5.80. The van der Waals surface area contributed by atoms with Crippen LogP contribution in [0, 0.1) is 18.6 Å². The summed E-state index contributed by atoms with van der Waals surface area (Å²) < 4.78 is 28.2. The molecule has 6 heteroatoms. The Hall–Kier alpha value is -3.31. The first-order valence-corrected chi connectivity index (χ1v) is 9.23. The molecule has 0 saturated carbocycles. The lowest BCUT2D eigenvalue weighted by atomic mass is 10.1. The van der Waals surface area contributed by atoms with E-state index in [0.29, 0.717) is 33.0 Å². The quantitative estimate of drug-likeness (QED) is 0.429. The summed E-state index contributed by atoms with van der Waals surface area (Å²) in [6, 6.07) is 15.9. The molecule has 0 amide bonds. The van der Waals surface area contributed by atoms with E-state index < -0.39 is 11.6 Å². The van der Waals surface area contributed by atoms with E-state index in [1.165, 1.54) is 10.6 Å². The van der Waals surface area contributed by atoms with Crippen LogP contribution in [0.4, 0.5) is 8.78 Å². The number of hydrogen-bond donors (Lipinski definition) is 0. The van der Waals surface area contributed by atoms with Gasteiger partial charge in [-0.3, -0.25) is 9.36 Å². The van der Waals surface area contributed by atoms with Gasteiger partial charge in [-0.25, -0.2) is 13.8 Å². The summed E-state index contributed by atoms with van der Waals surface area (Å²) in [5, 5.41) is 1.04. The molecule has 1 aromatic heterocycles. The van der Waals surface area contributed by atoms with Crippen molar-refractivity contribution in [2.75, 3.05) is 0 Å². The molecule has 29 heavy (non-hydrogen) atoms. The van der Waals surface area contributed by atoms with Crippen molar-refractivity contribution < 1.29 is 8.78 Å². The molecular formula is C23H15ClF2N2O. The molecule has 3 aromatic carbocycles. The molecule has 1 heterocycles. The molecule has 0 unspecified atom stereocenters. The average Bonchev–Trinajstić information content (AvgIpc) is 2.70. The maximum Gasteiger partial charge on any atom is 0.266 e. The minimum Gasteiger partial charge on any atom is -0.268 e. The summed E-state index contributed by atoms with van der Waals surface area (Å²) in [6.45, 7) is 1.85.